The van der Waals surface area contributed by atoms with E-state index in [0.29, 0.717) is 0 Å². The van der Waals surface area contributed by atoms with Gasteiger partial charge in [-0.15, -0.1) is 0 Å². The number of para-hydroxylation sites is 1. The summed E-state index contributed by atoms with van der Waals surface area (Å²) in [5.74, 6) is 0.958. The molecule has 0 saturated carbocycles. The summed E-state index contributed by atoms with van der Waals surface area (Å²) in [6, 6.07) is 28.2. The molecule has 5 aromatic rings. The van der Waals surface area contributed by atoms with Crippen molar-refractivity contribution < 1.29 is 0 Å². The molecule has 2 aromatic heterocycles. The van der Waals surface area contributed by atoms with Gasteiger partial charge >= 0.3 is 0 Å². The zero-order valence-corrected chi connectivity index (χ0v) is 16.0. The Morgan fingerprint density at radius 3 is 2.36 bits per heavy atom. The molecule has 1 aliphatic carbocycles. The Morgan fingerprint density at radius 2 is 1.50 bits per heavy atom. The van der Waals surface area contributed by atoms with Crippen LogP contribution in [0.25, 0.3) is 38.8 Å². The summed E-state index contributed by atoms with van der Waals surface area (Å²) in [5, 5.41) is 2.62. The number of hydrogen-bond donors (Lipinski definition) is 0. The molecular formula is C26H20N2. The third-order valence-electron chi connectivity index (χ3n) is 6.26. The van der Waals surface area contributed by atoms with E-state index in [1.807, 2.05) is 12.3 Å². The van der Waals surface area contributed by atoms with Gasteiger partial charge in [-0.05, 0) is 46.5 Å². The second kappa shape index (κ2) is 5.32. The summed E-state index contributed by atoms with van der Waals surface area (Å²) in [5.41, 5.74) is 7.98. The molecule has 3 aromatic carbocycles. The van der Waals surface area contributed by atoms with Crippen LogP contribution in [0.2, 0.25) is 0 Å². The van der Waals surface area contributed by atoms with Gasteiger partial charge < -0.3 is 0 Å². The van der Waals surface area contributed by atoms with Gasteiger partial charge in [0.25, 0.3) is 0 Å². The number of aromatic nitrogens is 2. The summed E-state index contributed by atoms with van der Waals surface area (Å²) < 4.78 is 2.29. The van der Waals surface area contributed by atoms with Crippen molar-refractivity contribution in [1.29, 1.82) is 0 Å². The molecule has 0 atom stereocenters. The highest BCUT2D eigenvalue weighted by atomic mass is 15.1. The molecule has 2 nitrogen and oxygen atoms in total. The fourth-order valence-corrected chi connectivity index (χ4v) is 4.99. The van der Waals surface area contributed by atoms with Crippen LogP contribution >= 0.6 is 0 Å². The van der Waals surface area contributed by atoms with Gasteiger partial charge in [-0.1, -0.05) is 68.4 Å². The fraction of sp³-hybridized carbons (Fsp3) is 0.115. The van der Waals surface area contributed by atoms with E-state index in [1.54, 1.807) is 0 Å². The number of pyridine rings is 1. The molecule has 0 N–H and O–H groups in total. The minimum absolute atomic E-state index is 0.00825. The molecule has 0 unspecified atom stereocenters. The molecule has 0 fully saturated rings. The third kappa shape index (κ3) is 1.85. The lowest BCUT2D eigenvalue weighted by Gasteiger charge is -2.21. The zero-order chi connectivity index (χ0) is 18.9. The monoisotopic (exact) mass is 360 g/mol. The van der Waals surface area contributed by atoms with Crippen LogP contribution in [0.3, 0.4) is 0 Å². The van der Waals surface area contributed by atoms with Crippen molar-refractivity contribution >= 4 is 21.8 Å². The first kappa shape index (κ1) is 15.6. The van der Waals surface area contributed by atoms with Gasteiger partial charge in [0.15, 0.2) is 0 Å². The quantitative estimate of drug-likeness (QED) is 0.334. The molecule has 0 amide bonds. The average molecular weight is 360 g/mol. The molecule has 2 heteroatoms. The zero-order valence-electron chi connectivity index (χ0n) is 16.0. The Hall–Kier alpha value is -3.39. The highest BCUT2D eigenvalue weighted by Gasteiger charge is 2.37. The molecule has 134 valence electrons. The molecule has 28 heavy (non-hydrogen) atoms. The van der Waals surface area contributed by atoms with Gasteiger partial charge in [-0.2, -0.15) is 0 Å². The Morgan fingerprint density at radius 1 is 0.714 bits per heavy atom. The van der Waals surface area contributed by atoms with Crippen LogP contribution in [0.1, 0.15) is 25.0 Å². The second-order valence-corrected chi connectivity index (χ2v) is 8.09. The van der Waals surface area contributed by atoms with Crippen LogP contribution in [-0.4, -0.2) is 9.55 Å². The standard InChI is InChI=1S/C26H20N2/c1-26(2)19-11-5-3-9-17(19)24-20(26)14-15-22-25(24)18-10-4-6-12-21(18)28(22)23-13-7-8-16-27-23/h3-16H,1-2H3. The van der Waals surface area contributed by atoms with E-state index in [2.05, 4.69) is 96.2 Å². The highest BCUT2D eigenvalue weighted by Crippen LogP contribution is 2.52. The third-order valence-corrected chi connectivity index (χ3v) is 6.26. The summed E-state index contributed by atoms with van der Waals surface area (Å²) in [6.45, 7) is 4.67. The van der Waals surface area contributed by atoms with Gasteiger partial charge in [0.05, 0.1) is 11.0 Å². The Balaban J connectivity index is 1.85. The topological polar surface area (TPSA) is 17.8 Å². The molecule has 0 spiro atoms. The molecule has 0 bridgehead atoms. The van der Waals surface area contributed by atoms with E-state index >= 15 is 0 Å². The number of benzene rings is 3. The number of nitrogens with zero attached hydrogens (tertiary/aromatic N) is 2. The number of rotatable bonds is 1. The SMILES string of the molecule is CC1(C)c2ccccc2-c2c1ccc1c2c2ccccc2n1-c1ccccn1. The second-order valence-electron chi connectivity index (χ2n) is 8.09. The first-order chi connectivity index (χ1) is 13.7. The smallest absolute Gasteiger partial charge is 0.137 e. The van der Waals surface area contributed by atoms with Crippen LogP contribution < -0.4 is 0 Å². The number of hydrogen-bond acceptors (Lipinski definition) is 1. The van der Waals surface area contributed by atoms with E-state index < -0.39 is 0 Å². The molecule has 0 radical (unpaired) electrons. The van der Waals surface area contributed by atoms with Crippen LogP contribution in [-0.2, 0) is 5.41 Å². The lowest BCUT2D eigenvalue weighted by atomic mass is 9.82. The van der Waals surface area contributed by atoms with Gasteiger partial charge in [0, 0.05) is 22.4 Å². The van der Waals surface area contributed by atoms with E-state index in [-0.39, 0.29) is 5.41 Å². The molecular weight excluding hydrogens is 340 g/mol. The van der Waals surface area contributed by atoms with E-state index in [0.717, 1.165) is 5.82 Å². The maximum absolute atomic E-state index is 4.65. The van der Waals surface area contributed by atoms with Crippen LogP contribution in [0.5, 0.6) is 0 Å². The van der Waals surface area contributed by atoms with Crippen LogP contribution in [0.4, 0.5) is 0 Å². The van der Waals surface area contributed by atoms with Gasteiger partial charge in [0.2, 0.25) is 0 Å². The first-order valence-electron chi connectivity index (χ1n) is 9.76. The Kier molecular flexibility index (Phi) is 2.98. The van der Waals surface area contributed by atoms with Crippen molar-refractivity contribution in [2.24, 2.45) is 0 Å². The van der Waals surface area contributed by atoms with Crippen molar-refractivity contribution in [3.8, 4) is 16.9 Å². The Bertz CT molecular complexity index is 1370. The van der Waals surface area contributed by atoms with Crippen molar-refractivity contribution in [2.75, 3.05) is 0 Å². The highest BCUT2D eigenvalue weighted by molar-refractivity contribution is 6.17. The van der Waals surface area contributed by atoms with E-state index in [4.69, 9.17) is 0 Å². The maximum atomic E-state index is 4.65. The van der Waals surface area contributed by atoms with Crippen molar-refractivity contribution in [3.05, 3.63) is 96.2 Å². The molecule has 0 saturated heterocycles. The summed E-state index contributed by atoms with van der Waals surface area (Å²) >= 11 is 0. The fourth-order valence-electron chi connectivity index (χ4n) is 4.99. The molecule has 1 aliphatic rings. The predicted molar refractivity (Wildman–Crippen MR) is 116 cm³/mol. The number of fused-ring (bicyclic) bond motifs is 7. The maximum Gasteiger partial charge on any atom is 0.137 e. The van der Waals surface area contributed by atoms with Gasteiger partial charge in [0.1, 0.15) is 5.82 Å². The predicted octanol–water partition coefficient (Wildman–Crippen LogP) is 6.49. The minimum atomic E-state index is 0.00825. The van der Waals surface area contributed by atoms with E-state index in [1.165, 1.54) is 44.1 Å². The van der Waals surface area contributed by atoms with Crippen molar-refractivity contribution in [1.82, 2.24) is 9.55 Å². The first-order valence-corrected chi connectivity index (χ1v) is 9.76. The van der Waals surface area contributed by atoms with Gasteiger partial charge in [-0.3, -0.25) is 4.57 Å². The summed E-state index contributed by atoms with van der Waals surface area (Å²) in [6.07, 6.45) is 1.86. The minimum Gasteiger partial charge on any atom is -0.294 e. The van der Waals surface area contributed by atoms with E-state index in [9.17, 15) is 0 Å². The van der Waals surface area contributed by atoms with Crippen LogP contribution in [0, 0.1) is 0 Å². The normalized spacial score (nSPS) is 14.4. The average Bonchev–Trinajstić information content (AvgIpc) is 3.19. The lowest BCUT2D eigenvalue weighted by molar-refractivity contribution is 0.661. The molecule has 6 rings (SSSR count). The molecule has 2 heterocycles. The van der Waals surface area contributed by atoms with Crippen LogP contribution in [0.15, 0.2) is 85.1 Å². The lowest BCUT2D eigenvalue weighted by Crippen LogP contribution is -2.14. The van der Waals surface area contributed by atoms with Gasteiger partial charge in [-0.25, -0.2) is 4.98 Å². The molecule has 0 aliphatic heterocycles. The summed E-state index contributed by atoms with van der Waals surface area (Å²) in [4.78, 5) is 4.65. The van der Waals surface area contributed by atoms with Crippen molar-refractivity contribution in [2.45, 2.75) is 19.3 Å². The van der Waals surface area contributed by atoms with Crippen molar-refractivity contribution in [3.63, 3.8) is 0 Å². The largest absolute Gasteiger partial charge is 0.294 e. The Labute approximate surface area is 164 Å². The summed E-state index contributed by atoms with van der Waals surface area (Å²) in [7, 11) is 0.